The number of rotatable bonds is 10. The normalized spacial score (nSPS) is 10.7. The number of carboxylic acids is 1. The lowest BCUT2D eigenvalue weighted by atomic mass is 10.00. The molecule has 1 aromatic heterocycles. The lowest BCUT2D eigenvalue weighted by Crippen LogP contribution is -2.04. The van der Waals surface area contributed by atoms with E-state index in [9.17, 15) is 14.0 Å². The topological polar surface area (TPSA) is 79.3 Å². The van der Waals surface area contributed by atoms with Gasteiger partial charge in [-0.15, -0.1) is 0 Å². The van der Waals surface area contributed by atoms with Crippen LogP contribution in [0.15, 0.2) is 85.1 Å². The Labute approximate surface area is 213 Å². The van der Waals surface area contributed by atoms with Crippen molar-refractivity contribution in [2.75, 3.05) is 5.32 Å². The van der Waals surface area contributed by atoms with E-state index in [1.54, 1.807) is 18.3 Å². The van der Waals surface area contributed by atoms with Crippen LogP contribution in [0.3, 0.4) is 0 Å². The van der Waals surface area contributed by atoms with Crippen molar-refractivity contribution >= 4 is 29.0 Å². The molecule has 0 amide bonds. The van der Waals surface area contributed by atoms with Crippen LogP contribution in [-0.2, 0) is 11.3 Å². The Morgan fingerprint density at radius 1 is 0.889 bits per heavy atom. The summed E-state index contributed by atoms with van der Waals surface area (Å²) >= 11 is 6.27. The van der Waals surface area contributed by atoms with Gasteiger partial charge in [0, 0.05) is 41.9 Å². The molecule has 7 heteroatoms. The number of nitrogens with zero attached hydrogens (tertiary/aromatic N) is 1. The molecular weight excluding hydrogens is 479 g/mol. The van der Waals surface area contributed by atoms with Gasteiger partial charge in [0.2, 0.25) is 0 Å². The molecule has 3 aromatic carbocycles. The number of hydrogen-bond donors (Lipinski definition) is 2. The fraction of sp³-hybridized carbons (Fsp3) is 0.138. The van der Waals surface area contributed by atoms with Gasteiger partial charge in [-0.2, -0.15) is 0 Å². The molecule has 0 atom stereocenters. The average molecular weight is 503 g/mol. The van der Waals surface area contributed by atoms with E-state index in [0.717, 1.165) is 33.5 Å². The standard InChI is InChI=1S/C29H24ClFN2O3/c30-23-11-7-21(17-32-25-12-8-19(9-13-25)20-3-1-4-24(31)15-20)26(16-23)22-10-14-27(33-18-22)28(34)5-2-6-29(35)36/h1,3-4,7-16,18,32H,2,5-6,17H2,(H,35,36). The van der Waals surface area contributed by atoms with Crippen molar-refractivity contribution in [3.63, 3.8) is 0 Å². The van der Waals surface area contributed by atoms with Gasteiger partial charge in [0.15, 0.2) is 5.78 Å². The average Bonchev–Trinajstić information content (AvgIpc) is 2.88. The molecule has 0 saturated heterocycles. The third-order valence-electron chi connectivity index (χ3n) is 5.75. The SMILES string of the molecule is O=C(O)CCCC(=O)c1ccc(-c2cc(Cl)ccc2CNc2ccc(-c3cccc(F)c3)cc2)cn1. The number of anilines is 1. The molecule has 1 heterocycles. The Morgan fingerprint density at radius 2 is 1.67 bits per heavy atom. The highest BCUT2D eigenvalue weighted by Crippen LogP contribution is 2.28. The van der Waals surface area contributed by atoms with Gasteiger partial charge >= 0.3 is 5.97 Å². The van der Waals surface area contributed by atoms with Crippen molar-refractivity contribution in [2.45, 2.75) is 25.8 Å². The number of pyridine rings is 1. The molecule has 182 valence electrons. The number of Topliss-reactive ketones (excluding diaryl/α,β-unsaturated/α-hetero) is 1. The van der Waals surface area contributed by atoms with E-state index >= 15 is 0 Å². The number of carbonyl (C=O) groups excluding carboxylic acids is 1. The van der Waals surface area contributed by atoms with Crippen LogP contribution in [0.25, 0.3) is 22.3 Å². The number of halogens is 2. The Morgan fingerprint density at radius 3 is 2.36 bits per heavy atom. The van der Waals surface area contributed by atoms with Crippen molar-refractivity contribution in [2.24, 2.45) is 0 Å². The van der Waals surface area contributed by atoms with E-state index in [0.29, 0.717) is 17.3 Å². The van der Waals surface area contributed by atoms with Crippen LogP contribution in [-0.4, -0.2) is 21.8 Å². The molecule has 0 radical (unpaired) electrons. The molecule has 0 bridgehead atoms. The molecule has 5 nitrogen and oxygen atoms in total. The zero-order valence-electron chi connectivity index (χ0n) is 19.4. The molecule has 0 unspecified atom stereocenters. The highest BCUT2D eigenvalue weighted by molar-refractivity contribution is 6.30. The van der Waals surface area contributed by atoms with Crippen LogP contribution < -0.4 is 5.32 Å². The summed E-state index contributed by atoms with van der Waals surface area (Å²) in [6, 6.07) is 23.4. The van der Waals surface area contributed by atoms with E-state index in [1.165, 1.54) is 12.1 Å². The van der Waals surface area contributed by atoms with Crippen molar-refractivity contribution in [1.29, 1.82) is 0 Å². The minimum absolute atomic E-state index is 0.0454. The monoisotopic (exact) mass is 502 g/mol. The van der Waals surface area contributed by atoms with Crippen LogP contribution in [0.1, 0.15) is 35.3 Å². The minimum Gasteiger partial charge on any atom is -0.481 e. The largest absolute Gasteiger partial charge is 0.481 e. The second kappa shape index (κ2) is 11.6. The molecular formula is C29H24ClFN2O3. The molecule has 0 aliphatic rings. The Balaban J connectivity index is 1.45. The Kier molecular flexibility index (Phi) is 8.08. The number of benzene rings is 3. The van der Waals surface area contributed by atoms with Gasteiger partial charge < -0.3 is 10.4 Å². The Hall–Kier alpha value is -4.03. The molecule has 4 aromatic rings. The van der Waals surface area contributed by atoms with Crippen molar-refractivity contribution < 1.29 is 19.1 Å². The molecule has 0 aliphatic heterocycles. The highest BCUT2D eigenvalue weighted by Gasteiger charge is 2.11. The van der Waals surface area contributed by atoms with Gasteiger partial charge in [-0.1, -0.05) is 48.0 Å². The summed E-state index contributed by atoms with van der Waals surface area (Å²) in [5.74, 6) is -1.37. The zero-order valence-corrected chi connectivity index (χ0v) is 20.1. The lowest BCUT2D eigenvalue weighted by molar-refractivity contribution is -0.137. The van der Waals surface area contributed by atoms with Crippen LogP contribution in [0.2, 0.25) is 5.02 Å². The van der Waals surface area contributed by atoms with Crippen molar-refractivity contribution in [3.05, 3.63) is 107 Å². The van der Waals surface area contributed by atoms with Gasteiger partial charge in [0.25, 0.3) is 0 Å². The van der Waals surface area contributed by atoms with Crippen LogP contribution in [0, 0.1) is 5.82 Å². The molecule has 4 rings (SSSR count). The molecule has 0 saturated carbocycles. The summed E-state index contributed by atoms with van der Waals surface area (Å²) in [6.07, 6.45) is 2.01. The highest BCUT2D eigenvalue weighted by atomic mass is 35.5. The maximum absolute atomic E-state index is 13.5. The smallest absolute Gasteiger partial charge is 0.303 e. The maximum Gasteiger partial charge on any atom is 0.303 e. The second-order valence-corrected chi connectivity index (χ2v) is 8.78. The first-order valence-corrected chi connectivity index (χ1v) is 11.9. The maximum atomic E-state index is 13.5. The third kappa shape index (κ3) is 6.55. The zero-order chi connectivity index (χ0) is 25.5. The number of hydrogen-bond acceptors (Lipinski definition) is 4. The van der Waals surface area contributed by atoms with Crippen LogP contribution >= 0.6 is 11.6 Å². The summed E-state index contributed by atoms with van der Waals surface area (Å²) < 4.78 is 13.5. The van der Waals surface area contributed by atoms with Gasteiger partial charge in [0.1, 0.15) is 11.5 Å². The minimum atomic E-state index is -0.921. The van der Waals surface area contributed by atoms with Gasteiger partial charge in [-0.3, -0.25) is 14.6 Å². The lowest BCUT2D eigenvalue weighted by Gasteiger charge is -2.13. The number of carboxylic acid groups (broad SMARTS) is 1. The summed E-state index contributed by atoms with van der Waals surface area (Å²) in [4.78, 5) is 27.2. The number of aliphatic carboxylic acids is 1. The Bertz CT molecular complexity index is 1370. The van der Waals surface area contributed by atoms with Crippen molar-refractivity contribution in [3.8, 4) is 22.3 Å². The molecule has 36 heavy (non-hydrogen) atoms. The predicted molar refractivity (Wildman–Crippen MR) is 140 cm³/mol. The van der Waals surface area contributed by atoms with E-state index in [-0.39, 0.29) is 30.9 Å². The summed E-state index contributed by atoms with van der Waals surface area (Å²) in [6.45, 7) is 0.529. The van der Waals surface area contributed by atoms with Crippen LogP contribution in [0.4, 0.5) is 10.1 Å². The van der Waals surface area contributed by atoms with Gasteiger partial charge in [-0.25, -0.2) is 4.39 Å². The molecule has 0 spiro atoms. The van der Waals surface area contributed by atoms with E-state index < -0.39 is 5.97 Å². The first kappa shape index (κ1) is 25.1. The number of aromatic nitrogens is 1. The van der Waals surface area contributed by atoms with Gasteiger partial charge in [0.05, 0.1) is 0 Å². The quantitative estimate of drug-likeness (QED) is 0.223. The number of carbonyl (C=O) groups is 2. The fourth-order valence-electron chi connectivity index (χ4n) is 3.86. The first-order valence-electron chi connectivity index (χ1n) is 11.5. The van der Waals surface area contributed by atoms with E-state index in [1.807, 2.05) is 54.6 Å². The number of nitrogens with one attached hydrogen (secondary N) is 1. The van der Waals surface area contributed by atoms with Crippen molar-refractivity contribution in [1.82, 2.24) is 4.98 Å². The van der Waals surface area contributed by atoms with Crippen LogP contribution in [0.5, 0.6) is 0 Å². The van der Waals surface area contributed by atoms with Gasteiger partial charge in [-0.05, 0) is 71.1 Å². The third-order valence-corrected chi connectivity index (χ3v) is 5.99. The molecule has 0 aliphatic carbocycles. The van der Waals surface area contributed by atoms with E-state index in [2.05, 4.69) is 10.3 Å². The second-order valence-electron chi connectivity index (χ2n) is 8.35. The molecule has 0 fully saturated rings. The summed E-state index contributed by atoms with van der Waals surface area (Å²) in [7, 11) is 0. The molecule has 2 N–H and O–H groups in total. The summed E-state index contributed by atoms with van der Waals surface area (Å²) in [5, 5.41) is 12.7. The number of ketones is 1. The predicted octanol–water partition coefficient (Wildman–Crippen LogP) is 7.26. The van der Waals surface area contributed by atoms with E-state index in [4.69, 9.17) is 16.7 Å². The summed E-state index contributed by atoms with van der Waals surface area (Å²) in [5.41, 5.74) is 5.67. The fourth-order valence-corrected chi connectivity index (χ4v) is 4.04. The first-order chi connectivity index (χ1) is 17.4.